The van der Waals surface area contributed by atoms with Crippen molar-refractivity contribution in [3.05, 3.63) is 54.1 Å². The van der Waals surface area contributed by atoms with E-state index >= 15 is 0 Å². The highest BCUT2D eigenvalue weighted by Gasteiger charge is 2.21. The summed E-state index contributed by atoms with van der Waals surface area (Å²) in [6.07, 6.45) is 1.06. The third-order valence-corrected chi connectivity index (χ3v) is 4.88. The first-order valence-corrected chi connectivity index (χ1v) is 10.2. The number of hydrogen-bond donors (Lipinski definition) is 1. The van der Waals surface area contributed by atoms with E-state index in [4.69, 9.17) is 9.47 Å². The van der Waals surface area contributed by atoms with Gasteiger partial charge in [0.15, 0.2) is 0 Å². The second kappa shape index (κ2) is 9.27. The standard InChI is InChI=1S/C19H24N2O5S/c1-15-7-9-17(10-8-15)26-12-11-20-19(22)14-21(27(3,23)24)16-5-4-6-18(13-16)25-2/h4-10,13H,11-12,14H2,1-3H3,(H,20,22). The number of ether oxygens (including phenoxy) is 2. The van der Waals surface area contributed by atoms with Crippen LogP contribution < -0.4 is 19.1 Å². The van der Waals surface area contributed by atoms with Crippen molar-refractivity contribution < 1.29 is 22.7 Å². The van der Waals surface area contributed by atoms with Gasteiger partial charge in [-0.15, -0.1) is 0 Å². The van der Waals surface area contributed by atoms with Crippen LogP contribution in [-0.2, 0) is 14.8 Å². The summed E-state index contributed by atoms with van der Waals surface area (Å²) in [5.41, 5.74) is 1.50. The Hall–Kier alpha value is -2.74. The van der Waals surface area contributed by atoms with Crippen LogP contribution in [0.3, 0.4) is 0 Å². The first-order chi connectivity index (χ1) is 12.8. The predicted molar refractivity (Wildman–Crippen MR) is 105 cm³/mol. The van der Waals surface area contributed by atoms with Gasteiger partial charge in [-0.25, -0.2) is 8.42 Å². The van der Waals surface area contributed by atoms with Crippen molar-refractivity contribution in [1.29, 1.82) is 0 Å². The lowest BCUT2D eigenvalue weighted by molar-refractivity contribution is -0.119. The Labute approximate surface area is 160 Å². The Morgan fingerprint density at radius 1 is 1.11 bits per heavy atom. The Kier molecular flexibility index (Phi) is 7.06. The molecule has 27 heavy (non-hydrogen) atoms. The van der Waals surface area contributed by atoms with E-state index in [0.29, 0.717) is 17.2 Å². The van der Waals surface area contributed by atoms with Gasteiger partial charge in [-0.3, -0.25) is 9.10 Å². The fraction of sp³-hybridized carbons (Fsp3) is 0.316. The van der Waals surface area contributed by atoms with Gasteiger partial charge in [0.2, 0.25) is 15.9 Å². The van der Waals surface area contributed by atoms with Crippen LogP contribution in [0.4, 0.5) is 5.69 Å². The molecule has 1 amide bonds. The molecule has 0 bridgehead atoms. The van der Waals surface area contributed by atoms with Crippen LogP contribution >= 0.6 is 0 Å². The summed E-state index contributed by atoms with van der Waals surface area (Å²) in [6.45, 7) is 2.21. The van der Waals surface area contributed by atoms with E-state index in [0.717, 1.165) is 16.1 Å². The van der Waals surface area contributed by atoms with Gasteiger partial charge in [0, 0.05) is 6.07 Å². The number of amides is 1. The molecular formula is C19H24N2O5S. The minimum atomic E-state index is -3.63. The lowest BCUT2D eigenvalue weighted by atomic mass is 10.2. The maximum atomic E-state index is 12.2. The summed E-state index contributed by atoms with van der Waals surface area (Å²) in [7, 11) is -2.14. The molecule has 1 N–H and O–H groups in total. The summed E-state index contributed by atoms with van der Waals surface area (Å²) in [5.74, 6) is 0.799. The number of benzene rings is 2. The van der Waals surface area contributed by atoms with Crippen LogP contribution in [0.5, 0.6) is 11.5 Å². The van der Waals surface area contributed by atoms with Crippen molar-refractivity contribution in [2.45, 2.75) is 6.92 Å². The molecule has 0 aliphatic carbocycles. The van der Waals surface area contributed by atoms with E-state index in [1.807, 2.05) is 31.2 Å². The zero-order valence-electron chi connectivity index (χ0n) is 15.6. The van der Waals surface area contributed by atoms with E-state index in [9.17, 15) is 13.2 Å². The average molecular weight is 392 g/mol. The molecule has 0 spiro atoms. The van der Waals surface area contributed by atoms with Crippen LogP contribution in [0.15, 0.2) is 48.5 Å². The predicted octanol–water partition coefficient (Wildman–Crippen LogP) is 1.96. The number of rotatable bonds is 9. The highest BCUT2D eigenvalue weighted by atomic mass is 32.2. The van der Waals surface area contributed by atoms with Gasteiger partial charge < -0.3 is 14.8 Å². The van der Waals surface area contributed by atoms with E-state index in [1.54, 1.807) is 24.3 Å². The van der Waals surface area contributed by atoms with Crippen LogP contribution in [0.25, 0.3) is 0 Å². The van der Waals surface area contributed by atoms with Crippen molar-refractivity contribution in [3.63, 3.8) is 0 Å². The molecule has 0 saturated heterocycles. The smallest absolute Gasteiger partial charge is 0.240 e. The number of sulfonamides is 1. The number of carbonyl (C=O) groups excluding carboxylic acids is 1. The van der Waals surface area contributed by atoms with Gasteiger partial charge >= 0.3 is 0 Å². The fourth-order valence-corrected chi connectivity index (χ4v) is 3.19. The monoisotopic (exact) mass is 392 g/mol. The summed E-state index contributed by atoms with van der Waals surface area (Å²) in [4.78, 5) is 12.2. The minimum absolute atomic E-state index is 0.266. The molecule has 2 aromatic carbocycles. The summed E-state index contributed by atoms with van der Waals surface area (Å²) < 4.78 is 35.9. The second-order valence-corrected chi connectivity index (χ2v) is 7.89. The molecule has 0 aromatic heterocycles. The molecule has 0 aliphatic rings. The molecule has 0 fully saturated rings. The van der Waals surface area contributed by atoms with Gasteiger partial charge in [0.05, 0.1) is 25.6 Å². The molecule has 0 unspecified atom stereocenters. The molecule has 2 rings (SSSR count). The maximum Gasteiger partial charge on any atom is 0.240 e. The zero-order chi connectivity index (χ0) is 19.9. The quantitative estimate of drug-likeness (QED) is 0.660. The summed E-state index contributed by atoms with van der Waals surface area (Å²) in [6, 6.07) is 14.1. The van der Waals surface area contributed by atoms with Crippen LogP contribution in [0.2, 0.25) is 0 Å². The molecule has 146 valence electrons. The number of nitrogens with zero attached hydrogens (tertiary/aromatic N) is 1. The normalized spacial score (nSPS) is 10.9. The molecule has 8 heteroatoms. The highest BCUT2D eigenvalue weighted by molar-refractivity contribution is 7.92. The molecule has 0 saturated carbocycles. The van der Waals surface area contributed by atoms with Crippen LogP contribution in [-0.4, -0.2) is 47.4 Å². The first kappa shape index (κ1) is 20.6. The molecule has 0 aliphatic heterocycles. The Balaban J connectivity index is 1.91. The number of anilines is 1. The number of methoxy groups -OCH3 is 1. The zero-order valence-corrected chi connectivity index (χ0v) is 16.5. The van der Waals surface area contributed by atoms with Crippen molar-refractivity contribution in [1.82, 2.24) is 5.32 Å². The third kappa shape index (κ3) is 6.49. The van der Waals surface area contributed by atoms with Gasteiger partial charge in [0.25, 0.3) is 0 Å². The number of carbonyl (C=O) groups is 1. The molecule has 2 aromatic rings. The van der Waals surface area contributed by atoms with Gasteiger partial charge in [-0.1, -0.05) is 23.8 Å². The molecule has 0 heterocycles. The lowest BCUT2D eigenvalue weighted by Gasteiger charge is -2.22. The van der Waals surface area contributed by atoms with Gasteiger partial charge in [-0.05, 0) is 31.2 Å². The number of nitrogens with one attached hydrogen (secondary N) is 1. The fourth-order valence-electron chi connectivity index (χ4n) is 2.35. The Morgan fingerprint density at radius 2 is 1.81 bits per heavy atom. The van der Waals surface area contributed by atoms with Gasteiger partial charge in [-0.2, -0.15) is 0 Å². The average Bonchev–Trinajstić information content (AvgIpc) is 2.64. The van der Waals surface area contributed by atoms with Crippen LogP contribution in [0, 0.1) is 6.92 Å². The minimum Gasteiger partial charge on any atom is -0.497 e. The number of hydrogen-bond acceptors (Lipinski definition) is 5. The lowest BCUT2D eigenvalue weighted by Crippen LogP contribution is -2.41. The van der Waals surface area contributed by atoms with Gasteiger partial charge in [0.1, 0.15) is 24.7 Å². The van der Waals surface area contributed by atoms with E-state index < -0.39 is 15.9 Å². The molecule has 0 atom stereocenters. The van der Waals surface area contributed by atoms with Crippen molar-refractivity contribution in [2.24, 2.45) is 0 Å². The number of aryl methyl sites for hydroxylation is 1. The molecule has 0 radical (unpaired) electrons. The van der Waals surface area contributed by atoms with Crippen molar-refractivity contribution >= 4 is 21.6 Å². The van der Waals surface area contributed by atoms with E-state index in [2.05, 4.69) is 5.32 Å². The topological polar surface area (TPSA) is 84.9 Å². The molecule has 7 nitrogen and oxygen atoms in total. The first-order valence-electron chi connectivity index (χ1n) is 8.37. The van der Waals surface area contributed by atoms with Crippen molar-refractivity contribution in [3.8, 4) is 11.5 Å². The Morgan fingerprint density at radius 3 is 2.44 bits per heavy atom. The largest absolute Gasteiger partial charge is 0.497 e. The van der Waals surface area contributed by atoms with E-state index in [1.165, 1.54) is 7.11 Å². The summed E-state index contributed by atoms with van der Waals surface area (Å²) >= 11 is 0. The van der Waals surface area contributed by atoms with E-state index in [-0.39, 0.29) is 19.7 Å². The Bertz CT molecular complexity index is 866. The summed E-state index contributed by atoms with van der Waals surface area (Å²) in [5, 5.41) is 2.66. The second-order valence-electron chi connectivity index (χ2n) is 5.98. The SMILES string of the molecule is COc1cccc(N(CC(=O)NCCOc2ccc(C)cc2)S(C)(=O)=O)c1. The third-order valence-electron chi connectivity index (χ3n) is 3.74. The highest BCUT2D eigenvalue weighted by Crippen LogP contribution is 2.22. The van der Waals surface area contributed by atoms with Crippen LogP contribution in [0.1, 0.15) is 5.56 Å². The maximum absolute atomic E-state index is 12.2. The molecular weight excluding hydrogens is 368 g/mol. The van der Waals surface area contributed by atoms with Crippen molar-refractivity contribution in [2.75, 3.05) is 37.4 Å².